The number of quaternary nitrogens is 1. The van der Waals surface area contributed by atoms with Crippen LogP contribution in [0.25, 0.3) is 0 Å². The van der Waals surface area contributed by atoms with Gasteiger partial charge in [0, 0.05) is 12.8 Å². The van der Waals surface area contributed by atoms with Crippen LogP contribution in [0.5, 0.6) is 0 Å². The number of hydrogen-bond acceptors (Lipinski definition) is 7. The van der Waals surface area contributed by atoms with Gasteiger partial charge in [-0.1, -0.05) is 245 Å². The van der Waals surface area contributed by atoms with E-state index in [1.165, 1.54) is 109 Å². The van der Waals surface area contributed by atoms with Crippen LogP contribution in [0.4, 0.5) is 0 Å². The summed E-state index contributed by atoms with van der Waals surface area (Å²) in [6.07, 6.45) is 79.0. The molecule has 9 nitrogen and oxygen atoms in total. The van der Waals surface area contributed by atoms with E-state index in [1.54, 1.807) is 0 Å². The van der Waals surface area contributed by atoms with E-state index in [1.807, 2.05) is 21.1 Å². The number of hydrogen-bond donors (Lipinski definition) is 1. The van der Waals surface area contributed by atoms with Crippen molar-refractivity contribution in [1.29, 1.82) is 0 Å². The first-order chi connectivity index (χ1) is 38.1. The third-order valence-corrected chi connectivity index (χ3v) is 13.3. The van der Waals surface area contributed by atoms with Crippen molar-refractivity contribution in [3.05, 3.63) is 109 Å². The minimum Gasteiger partial charge on any atom is -0.477 e. The van der Waals surface area contributed by atoms with E-state index in [0.717, 1.165) is 109 Å². The molecule has 2 unspecified atom stereocenters. The summed E-state index contributed by atoms with van der Waals surface area (Å²) in [4.78, 5) is 37.4. The van der Waals surface area contributed by atoms with Gasteiger partial charge in [-0.3, -0.25) is 9.59 Å². The molecule has 0 heterocycles. The van der Waals surface area contributed by atoms with Gasteiger partial charge < -0.3 is 28.5 Å². The lowest BCUT2D eigenvalue weighted by atomic mass is 10.0. The third kappa shape index (κ3) is 59.6. The van der Waals surface area contributed by atoms with Crippen molar-refractivity contribution in [3.63, 3.8) is 0 Å². The fourth-order valence-electron chi connectivity index (χ4n) is 8.44. The van der Waals surface area contributed by atoms with Gasteiger partial charge in [-0.05, 0) is 103 Å². The van der Waals surface area contributed by atoms with Gasteiger partial charge in [0.25, 0.3) is 6.29 Å². The first-order valence-corrected chi connectivity index (χ1v) is 31.6. The Morgan fingerprint density at radius 1 is 0.397 bits per heavy atom. The number of unbranched alkanes of at least 4 members (excludes halogenated alkanes) is 24. The van der Waals surface area contributed by atoms with Crippen molar-refractivity contribution in [2.45, 2.75) is 264 Å². The molecule has 0 fully saturated rings. The standard InChI is InChI=1S/C69H117NO8/c1-6-8-10-12-14-16-18-20-22-23-24-25-26-27-28-29-30-31-32-33-34-35-36-37-38-39-40-41-42-43-44-45-46-48-50-52-54-56-58-60-67(72)78-65(64-77-69(68(73)74)75-62-61-70(3,4)5)63-76-66(71)59-57-55-53-51-49-47-21-19-17-15-13-11-9-7-2/h8,10,14,16,19-22,24-25,27-28,30-31,33-34,36-37,65,69H,6-7,9,11-13,15,17-18,23,26,29,32,35,38-64H2,1-5H3/p+1/b10-8-,16-14-,21-19-,22-20-,25-24-,28-27-,31-30-,34-33-,37-36-. The number of ether oxygens (including phenoxy) is 4. The van der Waals surface area contributed by atoms with E-state index in [-0.39, 0.29) is 38.6 Å². The third-order valence-electron chi connectivity index (χ3n) is 13.3. The molecule has 0 aliphatic carbocycles. The minimum atomic E-state index is -1.52. The van der Waals surface area contributed by atoms with Crippen LogP contribution in [0.2, 0.25) is 0 Å². The van der Waals surface area contributed by atoms with Crippen LogP contribution in [0.3, 0.4) is 0 Å². The van der Waals surface area contributed by atoms with Crippen molar-refractivity contribution >= 4 is 17.9 Å². The first kappa shape index (κ1) is 74.0. The topological polar surface area (TPSA) is 108 Å². The summed E-state index contributed by atoms with van der Waals surface area (Å²) in [5.41, 5.74) is 0. The van der Waals surface area contributed by atoms with Crippen molar-refractivity contribution in [1.82, 2.24) is 0 Å². The Morgan fingerprint density at radius 3 is 1.10 bits per heavy atom. The Balaban J connectivity index is 4.08. The van der Waals surface area contributed by atoms with Crippen molar-refractivity contribution in [3.8, 4) is 0 Å². The molecule has 78 heavy (non-hydrogen) atoms. The van der Waals surface area contributed by atoms with Crippen molar-refractivity contribution < 1.29 is 42.9 Å². The van der Waals surface area contributed by atoms with Crippen LogP contribution in [-0.2, 0) is 33.3 Å². The molecular formula is C69H118NO8+. The number of esters is 2. The number of nitrogens with zero attached hydrogens (tertiary/aromatic N) is 1. The number of allylic oxidation sites excluding steroid dienone is 18. The average Bonchev–Trinajstić information content (AvgIpc) is 3.41. The van der Waals surface area contributed by atoms with Crippen LogP contribution in [-0.4, -0.2) is 87.4 Å². The Bertz CT molecular complexity index is 1640. The van der Waals surface area contributed by atoms with Gasteiger partial charge in [0.1, 0.15) is 13.2 Å². The highest BCUT2D eigenvalue weighted by atomic mass is 16.7. The number of rotatable bonds is 57. The van der Waals surface area contributed by atoms with Gasteiger partial charge in [-0.15, -0.1) is 0 Å². The smallest absolute Gasteiger partial charge is 0.361 e. The summed E-state index contributed by atoms with van der Waals surface area (Å²) in [5.74, 6) is -2.02. The van der Waals surface area contributed by atoms with Crippen LogP contribution < -0.4 is 0 Å². The Labute approximate surface area is 479 Å². The fourth-order valence-corrected chi connectivity index (χ4v) is 8.44. The summed E-state index contributed by atoms with van der Waals surface area (Å²) in [5, 5.41) is 9.70. The van der Waals surface area contributed by atoms with Crippen molar-refractivity contribution in [2.75, 3.05) is 47.5 Å². The molecule has 0 amide bonds. The zero-order valence-electron chi connectivity index (χ0n) is 50.8. The van der Waals surface area contributed by atoms with Gasteiger partial charge in [0.15, 0.2) is 6.10 Å². The fraction of sp³-hybridized carbons (Fsp3) is 0.696. The van der Waals surface area contributed by atoms with E-state index in [4.69, 9.17) is 18.9 Å². The van der Waals surface area contributed by atoms with E-state index in [2.05, 4.69) is 123 Å². The van der Waals surface area contributed by atoms with Gasteiger partial charge in [0.05, 0.1) is 34.4 Å². The Morgan fingerprint density at radius 2 is 0.731 bits per heavy atom. The predicted molar refractivity (Wildman–Crippen MR) is 332 cm³/mol. The lowest BCUT2D eigenvalue weighted by Gasteiger charge is -2.25. The number of carboxylic acids is 1. The Kier molecular flexibility index (Phi) is 56.0. The highest BCUT2D eigenvalue weighted by Crippen LogP contribution is 2.16. The van der Waals surface area contributed by atoms with Gasteiger partial charge in [-0.25, -0.2) is 4.79 Å². The molecule has 0 saturated heterocycles. The predicted octanol–water partition coefficient (Wildman–Crippen LogP) is 19.1. The molecule has 0 aromatic heterocycles. The van der Waals surface area contributed by atoms with E-state index in [0.29, 0.717) is 17.4 Å². The lowest BCUT2D eigenvalue weighted by Crippen LogP contribution is -2.40. The number of carbonyl (C=O) groups is 3. The monoisotopic (exact) mass is 1090 g/mol. The molecule has 0 aromatic rings. The second-order valence-corrected chi connectivity index (χ2v) is 22.0. The maximum Gasteiger partial charge on any atom is 0.361 e. The van der Waals surface area contributed by atoms with E-state index < -0.39 is 24.3 Å². The molecule has 0 saturated carbocycles. The maximum atomic E-state index is 12.9. The van der Waals surface area contributed by atoms with Gasteiger partial charge in [-0.2, -0.15) is 0 Å². The normalized spacial score (nSPS) is 13.5. The molecule has 0 aliphatic rings. The number of carboxylic acid groups (broad SMARTS) is 1. The molecule has 2 atom stereocenters. The van der Waals surface area contributed by atoms with Crippen LogP contribution in [0, 0.1) is 0 Å². The van der Waals surface area contributed by atoms with Crippen molar-refractivity contribution in [2.24, 2.45) is 0 Å². The van der Waals surface area contributed by atoms with Gasteiger partial charge >= 0.3 is 17.9 Å². The van der Waals surface area contributed by atoms with Gasteiger partial charge in [0.2, 0.25) is 0 Å². The molecule has 9 heteroatoms. The summed E-state index contributed by atoms with van der Waals surface area (Å²) >= 11 is 0. The zero-order chi connectivity index (χ0) is 56.9. The molecule has 1 N–H and O–H groups in total. The summed E-state index contributed by atoms with van der Waals surface area (Å²) < 4.78 is 22.9. The second-order valence-electron chi connectivity index (χ2n) is 22.0. The van der Waals surface area contributed by atoms with E-state index >= 15 is 0 Å². The molecule has 446 valence electrons. The van der Waals surface area contributed by atoms with Crippen LogP contribution in [0.15, 0.2) is 109 Å². The number of carbonyl (C=O) groups excluding carboxylic acids is 2. The highest BCUT2D eigenvalue weighted by Gasteiger charge is 2.25. The summed E-state index contributed by atoms with van der Waals surface area (Å²) in [6.45, 7) is 4.74. The molecule has 0 radical (unpaired) electrons. The SMILES string of the molecule is CC/C=C\C/C=C\C/C=C\C/C=C\C/C=C\C/C=C\C/C=C\C/C=C\CCCCCCCCCCCCCCCCC(=O)OC(COC(=O)CCCCCCC/C=C\CCCCCCC)COC(OCC[N+](C)(C)C)C(=O)O. The molecule has 0 spiro atoms. The zero-order valence-corrected chi connectivity index (χ0v) is 50.8. The molecule has 0 aromatic carbocycles. The largest absolute Gasteiger partial charge is 0.477 e. The Hall–Kier alpha value is -4.05. The molecular weight excluding hydrogens is 971 g/mol. The molecule has 0 aliphatic heterocycles. The van der Waals surface area contributed by atoms with Crippen LogP contribution in [0.1, 0.15) is 251 Å². The lowest BCUT2D eigenvalue weighted by molar-refractivity contribution is -0.870. The molecule has 0 bridgehead atoms. The minimum absolute atomic E-state index is 0.183. The second kappa shape index (κ2) is 59.1. The van der Waals surface area contributed by atoms with Crippen LogP contribution >= 0.6 is 0 Å². The quantitative estimate of drug-likeness (QED) is 0.0211. The number of aliphatic carboxylic acids is 1. The molecule has 0 rings (SSSR count). The summed E-state index contributed by atoms with van der Waals surface area (Å²) in [6, 6.07) is 0. The summed E-state index contributed by atoms with van der Waals surface area (Å²) in [7, 11) is 5.96. The van der Waals surface area contributed by atoms with E-state index in [9.17, 15) is 19.5 Å². The average molecular weight is 1090 g/mol. The maximum absolute atomic E-state index is 12.9. The first-order valence-electron chi connectivity index (χ1n) is 31.6. The highest BCUT2D eigenvalue weighted by molar-refractivity contribution is 5.71. The number of likely N-dealkylation sites (N-methyl/N-ethyl adjacent to an activating group) is 1.